The molecule has 0 aliphatic carbocycles. The quantitative estimate of drug-likeness (QED) is 0.821. The van der Waals surface area contributed by atoms with Gasteiger partial charge in [0.2, 0.25) is 5.91 Å². The zero-order valence-corrected chi connectivity index (χ0v) is 16.9. The molecule has 0 aromatic heterocycles. The molecule has 1 spiro atoms. The average Bonchev–Trinajstić information content (AvgIpc) is 3.13. The van der Waals surface area contributed by atoms with Gasteiger partial charge in [0.1, 0.15) is 5.84 Å². The van der Waals surface area contributed by atoms with Crippen molar-refractivity contribution in [2.45, 2.75) is 31.5 Å². The number of amides is 1. The van der Waals surface area contributed by atoms with Crippen LogP contribution in [0, 0.1) is 0 Å². The molecule has 2 aromatic carbocycles. The Morgan fingerprint density at radius 3 is 2.79 bits per heavy atom. The number of benzene rings is 2. The van der Waals surface area contributed by atoms with Gasteiger partial charge >= 0.3 is 0 Å². The summed E-state index contributed by atoms with van der Waals surface area (Å²) in [6, 6.07) is 18.6. The molecule has 0 radical (unpaired) electrons. The number of methoxy groups -OCH3 is 1. The summed E-state index contributed by atoms with van der Waals surface area (Å²) in [7, 11) is 1.63. The van der Waals surface area contributed by atoms with E-state index in [4.69, 9.17) is 9.73 Å². The summed E-state index contributed by atoms with van der Waals surface area (Å²) in [6.07, 6.45) is 1.25. The van der Waals surface area contributed by atoms with Crippen LogP contribution in [0.5, 0.6) is 0 Å². The van der Waals surface area contributed by atoms with Crippen LogP contribution >= 0.6 is 0 Å². The second-order valence-electron chi connectivity index (χ2n) is 7.68. The van der Waals surface area contributed by atoms with Gasteiger partial charge in [0.05, 0.1) is 25.1 Å². The molecular weight excluding hydrogens is 364 g/mol. The number of hydrogen-bond acceptors (Lipinski definition) is 4. The van der Waals surface area contributed by atoms with Crippen molar-refractivity contribution in [3.8, 4) is 0 Å². The first kappa shape index (κ1) is 19.6. The number of carbonyl (C=O) groups excluding carboxylic acids is 1. The third-order valence-electron chi connectivity index (χ3n) is 5.75. The van der Waals surface area contributed by atoms with Gasteiger partial charge in [-0.05, 0) is 23.6 Å². The standard InChI is InChI=1S/C23H28N4O2/c1-29-14-11-21(28)27-13-12-23(17-27)22(24-15-18-7-3-2-4-8-18)26-20-10-6-5-9-19(20)16-25-23/h2-10,25H,11-17H2,1H3,(H,24,26)/t23-/m0/s1. The van der Waals surface area contributed by atoms with Crippen molar-refractivity contribution in [1.82, 2.24) is 10.2 Å². The SMILES string of the molecule is COCCC(=O)N1CC[C@@]2(C1)NCc1ccccc1NC2=NCc1ccccc1. The molecule has 152 valence electrons. The van der Waals surface area contributed by atoms with Crippen molar-refractivity contribution in [3.05, 3.63) is 65.7 Å². The van der Waals surface area contributed by atoms with Gasteiger partial charge in [-0.1, -0.05) is 48.5 Å². The van der Waals surface area contributed by atoms with Crippen LogP contribution in [0.3, 0.4) is 0 Å². The molecule has 2 aromatic rings. The van der Waals surface area contributed by atoms with E-state index >= 15 is 0 Å². The number of rotatable bonds is 5. The number of aliphatic imine (C=N–C) groups is 1. The van der Waals surface area contributed by atoms with E-state index in [0.29, 0.717) is 26.1 Å². The second-order valence-corrected chi connectivity index (χ2v) is 7.68. The van der Waals surface area contributed by atoms with Gasteiger partial charge in [0, 0.05) is 32.4 Å². The minimum Gasteiger partial charge on any atom is -0.384 e. The molecule has 2 heterocycles. The Balaban J connectivity index is 1.61. The highest BCUT2D eigenvalue weighted by atomic mass is 16.5. The van der Waals surface area contributed by atoms with Crippen molar-refractivity contribution in [2.24, 2.45) is 4.99 Å². The molecule has 1 atom stereocenters. The van der Waals surface area contributed by atoms with E-state index in [-0.39, 0.29) is 11.4 Å². The average molecular weight is 393 g/mol. The summed E-state index contributed by atoms with van der Waals surface area (Å²) in [5.41, 5.74) is 3.09. The predicted molar refractivity (Wildman–Crippen MR) is 115 cm³/mol. The molecule has 2 aliphatic heterocycles. The van der Waals surface area contributed by atoms with Gasteiger partial charge in [-0.15, -0.1) is 0 Å². The van der Waals surface area contributed by atoms with E-state index in [0.717, 1.165) is 31.0 Å². The van der Waals surface area contributed by atoms with Gasteiger partial charge < -0.3 is 15.0 Å². The summed E-state index contributed by atoms with van der Waals surface area (Å²) in [5, 5.41) is 7.31. The number of para-hydroxylation sites is 1. The molecular formula is C23H28N4O2. The highest BCUT2D eigenvalue weighted by molar-refractivity contribution is 6.04. The normalized spacial score (nSPS) is 22.4. The van der Waals surface area contributed by atoms with Crippen LogP contribution in [0.25, 0.3) is 0 Å². The van der Waals surface area contributed by atoms with Crippen molar-refractivity contribution in [3.63, 3.8) is 0 Å². The van der Waals surface area contributed by atoms with Gasteiger partial charge in [-0.25, -0.2) is 0 Å². The maximum atomic E-state index is 12.6. The third-order valence-corrected chi connectivity index (χ3v) is 5.75. The van der Waals surface area contributed by atoms with Crippen LogP contribution in [0.2, 0.25) is 0 Å². The van der Waals surface area contributed by atoms with E-state index in [2.05, 4.69) is 41.0 Å². The van der Waals surface area contributed by atoms with Gasteiger partial charge in [0.25, 0.3) is 0 Å². The largest absolute Gasteiger partial charge is 0.384 e. The fourth-order valence-corrected chi connectivity index (χ4v) is 4.04. The monoisotopic (exact) mass is 392 g/mol. The highest BCUT2D eigenvalue weighted by Crippen LogP contribution is 2.30. The zero-order valence-electron chi connectivity index (χ0n) is 16.9. The van der Waals surface area contributed by atoms with E-state index in [9.17, 15) is 4.79 Å². The molecule has 0 unspecified atom stereocenters. The third kappa shape index (κ3) is 4.33. The van der Waals surface area contributed by atoms with Crippen LogP contribution in [-0.2, 0) is 22.6 Å². The lowest BCUT2D eigenvalue weighted by molar-refractivity contribution is -0.131. The Morgan fingerprint density at radius 1 is 1.17 bits per heavy atom. The summed E-state index contributed by atoms with van der Waals surface area (Å²) in [6.45, 7) is 3.14. The van der Waals surface area contributed by atoms with Gasteiger partial charge in [-0.3, -0.25) is 15.1 Å². The van der Waals surface area contributed by atoms with Gasteiger partial charge in [0.15, 0.2) is 0 Å². The zero-order chi connectivity index (χ0) is 20.1. The molecule has 1 saturated heterocycles. The minimum absolute atomic E-state index is 0.134. The Kier molecular flexibility index (Phi) is 5.92. The summed E-state index contributed by atoms with van der Waals surface area (Å²) >= 11 is 0. The van der Waals surface area contributed by atoms with Crippen molar-refractivity contribution in [1.29, 1.82) is 0 Å². The first-order valence-corrected chi connectivity index (χ1v) is 10.2. The van der Waals surface area contributed by atoms with E-state index in [1.165, 1.54) is 11.1 Å². The molecule has 1 fully saturated rings. The molecule has 2 aliphatic rings. The number of likely N-dealkylation sites (tertiary alicyclic amines) is 1. The Labute approximate surface area is 172 Å². The number of amidine groups is 1. The number of anilines is 1. The van der Waals surface area contributed by atoms with Crippen LogP contribution < -0.4 is 10.6 Å². The highest BCUT2D eigenvalue weighted by Gasteiger charge is 2.45. The maximum Gasteiger partial charge on any atom is 0.224 e. The fourth-order valence-electron chi connectivity index (χ4n) is 4.04. The number of nitrogens with one attached hydrogen (secondary N) is 2. The number of fused-ring (bicyclic) bond motifs is 1. The number of ether oxygens (including phenoxy) is 1. The maximum absolute atomic E-state index is 12.6. The summed E-state index contributed by atoms with van der Waals surface area (Å²) < 4.78 is 5.08. The Morgan fingerprint density at radius 2 is 1.97 bits per heavy atom. The molecule has 1 amide bonds. The molecule has 29 heavy (non-hydrogen) atoms. The topological polar surface area (TPSA) is 66.0 Å². The number of hydrogen-bond donors (Lipinski definition) is 2. The first-order valence-electron chi connectivity index (χ1n) is 10.2. The number of carbonyl (C=O) groups is 1. The lowest BCUT2D eigenvalue weighted by Gasteiger charge is -2.30. The lowest BCUT2D eigenvalue weighted by atomic mass is 9.96. The molecule has 2 N–H and O–H groups in total. The Bertz CT molecular complexity index is 883. The van der Waals surface area contributed by atoms with E-state index in [1.54, 1.807) is 7.11 Å². The molecule has 4 rings (SSSR count). The second kappa shape index (κ2) is 8.76. The minimum atomic E-state index is -0.365. The van der Waals surface area contributed by atoms with Crippen molar-refractivity contribution < 1.29 is 9.53 Å². The van der Waals surface area contributed by atoms with Gasteiger partial charge in [-0.2, -0.15) is 0 Å². The first-order chi connectivity index (χ1) is 14.2. The fraction of sp³-hybridized carbons (Fsp3) is 0.391. The smallest absolute Gasteiger partial charge is 0.224 e. The van der Waals surface area contributed by atoms with Crippen molar-refractivity contribution >= 4 is 17.4 Å². The molecule has 6 heteroatoms. The van der Waals surface area contributed by atoms with E-state index < -0.39 is 0 Å². The number of nitrogens with zero attached hydrogens (tertiary/aromatic N) is 2. The van der Waals surface area contributed by atoms with Crippen LogP contribution in [0.4, 0.5) is 5.69 Å². The molecule has 0 saturated carbocycles. The Hall–Kier alpha value is -2.70. The van der Waals surface area contributed by atoms with Crippen LogP contribution in [-0.4, -0.2) is 49.0 Å². The predicted octanol–water partition coefficient (Wildman–Crippen LogP) is 2.81. The van der Waals surface area contributed by atoms with Crippen LogP contribution in [0.15, 0.2) is 59.6 Å². The summed E-state index contributed by atoms with van der Waals surface area (Å²) in [4.78, 5) is 19.5. The lowest BCUT2D eigenvalue weighted by Crippen LogP contribution is -2.55. The molecule has 0 bridgehead atoms. The van der Waals surface area contributed by atoms with Crippen molar-refractivity contribution in [2.75, 3.05) is 32.1 Å². The molecule has 6 nitrogen and oxygen atoms in total. The summed E-state index contributed by atoms with van der Waals surface area (Å²) in [5.74, 6) is 1.04. The van der Waals surface area contributed by atoms with Crippen LogP contribution in [0.1, 0.15) is 24.0 Å². The van der Waals surface area contributed by atoms with E-state index in [1.807, 2.05) is 29.2 Å².